The topological polar surface area (TPSA) is 46.5 Å². The van der Waals surface area contributed by atoms with Crippen molar-refractivity contribution in [1.82, 2.24) is 0 Å². The number of phenolic OH excluding ortho intramolecular Hbond substituents is 1. The average molecular weight is 306 g/mol. The molecule has 124 valence electrons. The van der Waals surface area contributed by atoms with Gasteiger partial charge in [0, 0.05) is 5.56 Å². The van der Waals surface area contributed by atoms with E-state index in [1.807, 2.05) is 13.0 Å². The Morgan fingerprint density at radius 1 is 1.23 bits per heavy atom. The fraction of sp³-hybridized carbons (Fsp3) is 0.632. The highest BCUT2D eigenvalue weighted by atomic mass is 16.5. The number of unbranched alkanes of at least 4 members (excludes halogenated alkanes) is 1. The van der Waals surface area contributed by atoms with Crippen LogP contribution in [0.2, 0.25) is 0 Å². The van der Waals surface area contributed by atoms with Crippen LogP contribution in [0.5, 0.6) is 11.5 Å². The van der Waals surface area contributed by atoms with Crippen molar-refractivity contribution in [1.29, 1.82) is 0 Å². The van der Waals surface area contributed by atoms with E-state index in [-0.39, 0.29) is 11.5 Å². The summed E-state index contributed by atoms with van der Waals surface area (Å²) in [5.74, 6) is 0.674. The molecule has 0 aliphatic heterocycles. The molecule has 3 nitrogen and oxygen atoms in total. The van der Waals surface area contributed by atoms with Crippen LogP contribution >= 0.6 is 0 Å². The average Bonchev–Trinajstić information content (AvgIpc) is 2.40. The second-order valence-electron chi connectivity index (χ2n) is 7.11. The molecule has 0 radical (unpaired) electrons. The lowest BCUT2D eigenvalue weighted by Crippen LogP contribution is -2.07. The molecule has 1 aromatic rings. The molecule has 0 aliphatic rings. The van der Waals surface area contributed by atoms with Gasteiger partial charge in [0.25, 0.3) is 0 Å². The predicted octanol–water partition coefficient (Wildman–Crippen LogP) is 5.14. The maximum absolute atomic E-state index is 11.5. The number of aromatic hydroxyl groups is 1. The summed E-state index contributed by atoms with van der Waals surface area (Å²) in [5, 5.41) is 10.3. The molecule has 1 N–H and O–H groups in total. The summed E-state index contributed by atoms with van der Waals surface area (Å²) < 4.78 is 5.85. The van der Waals surface area contributed by atoms with E-state index in [4.69, 9.17) is 4.74 Å². The smallest absolute Gasteiger partial charge is 0.163 e. The monoisotopic (exact) mass is 306 g/mol. The third-order valence-corrected chi connectivity index (χ3v) is 3.70. The van der Waals surface area contributed by atoms with Gasteiger partial charge in [-0.25, -0.2) is 0 Å². The fourth-order valence-corrected chi connectivity index (χ4v) is 2.47. The van der Waals surface area contributed by atoms with Crippen LogP contribution in [0.1, 0.15) is 76.2 Å². The third-order valence-electron chi connectivity index (χ3n) is 3.70. The van der Waals surface area contributed by atoms with Crippen LogP contribution in [0, 0.1) is 5.41 Å². The minimum atomic E-state index is -0.119. The molecule has 0 bridgehead atoms. The molecule has 1 aromatic carbocycles. The van der Waals surface area contributed by atoms with Crippen molar-refractivity contribution >= 4 is 5.78 Å². The zero-order valence-corrected chi connectivity index (χ0v) is 14.7. The number of hydrogen-bond donors (Lipinski definition) is 1. The van der Waals surface area contributed by atoms with Crippen LogP contribution < -0.4 is 4.74 Å². The van der Waals surface area contributed by atoms with E-state index in [1.165, 1.54) is 13.3 Å². The first-order valence-corrected chi connectivity index (χ1v) is 8.25. The van der Waals surface area contributed by atoms with Crippen LogP contribution in [0.15, 0.2) is 12.1 Å². The second-order valence-corrected chi connectivity index (χ2v) is 7.11. The zero-order valence-electron chi connectivity index (χ0n) is 14.7. The van der Waals surface area contributed by atoms with Crippen molar-refractivity contribution in [3.63, 3.8) is 0 Å². The highest BCUT2D eigenvalue weighted by molar-refractivity contribution is 5.97. The molecule has 0 amide bonds. The Morgan fingerprint density at radius 3 is 2.45 bits per heavy atom. The Kier molecular flexibility index (Phi) is 6.92. The molecule has 0 saturated heterocycles. The van der Waals surface area contributed by atoms with Gasteiger partial charge in [0.05, 0.1) is 12.2 Å². The van der Waals surface area contributed by atoms with E-state index >= 15 is 0 Å². The molecule has 0 spiro atoms. The Bertz CT molecular complexity index is 498. The number of carbonyl (C=O) groups excluding carboxylic acids is 1. The predicted molar refractivity (Wildman–Crippen MR) is 90.9 cm³/mol. The number of hydrogen-bond acceptors (Lipinski definition) is 3. The van der Waals surface area contributed by atoms with Gasteiger partial charge in [-0.1, -0.05) is 34.1 Å². The van der Waals surface area contributed by atoms with E-state index in [0.29, 0.717) is 29.8 Å². The van der Waals surface area contributed by atoms with Gasteiger partial charge in [-0.2, -0.15) is 0 Å². The highest BCUT2D eigenvalue weighted by Gasteiger charge is 2.16. The Morgan fingerprint density at radius 2 is 1.91 bits per heavy atom. The maximum atomic E-state index is 11.5. The van der Waals surface area contributed by atoms with Crippen molar-refractivity contribution in [2.75, 3.05) is 6.61 Å². The minimum absolute atomic E-state index is 0.0848. The van der Waals surface area contributed by atoms with Gasteiger partial charge in [0.2, 0.25) is 0 Å². The highest BCUT2D eigenvalue weighted by Crippen LogP contribution is 2.33. The van der Waals surface area contributed by atoms with Gasteiger partial charge in [0.1, 0.15) is 11.5 Å². The number of carbonyl (C=O) groups is 1. The lowest BCUT2D eigenvalue weighted by atomic mass is 9.90. The minimum Gasteiger partial charge on any atom is -0.507 e. The second kappa shape index (κ2) is 8.21. The van der Waals surface area contributed by atoms with Gasteiger partial charge in [-0.05, 0) is 50.2 Å². The zero-order chi connectivity index (χ0) is 16.8. The van der Waals surface area contributed by atoms with Gasteiger partial charge >= 0.3 is 0 Å². The van der Waals surface area contributed by atoms with Gasteiger partial charge in [0.15, 0.2) is 5.78 Å². The molecule has 0 fully saturated rings. The number of ketones is 1. The Balaban J connectivity index is 2.70. The van der Waals surface area contributed by atoms with Crippen LogP contribution in [-0.2, 0) is 6.42 Å². The van der Waals surface area contributed by atoms with Crippen LogP contribution in [0.4, 0.5) is 0 Å². The van der Waals surface area contributed by atoms with Gasteiger partial charge in [-0.3, -0.25) is 4.79 Å². The number of rotatable bonds is 8. The van der Waals surface area contributed by atoms with Crippen LogP contribution in [0.25, 0.3) is 0 Å². The van der Waals surface area contributed by atoms with E-state index in [1.54, 1.807) is 6.07 Å². The molecule has 0 heterocycles. The summed E-state index contributed by atoms with van der Waals surface area (Å²) in [6.45, 7) is 10.9. The third kappa shape index (κ3) is 5.70. The largest absolute Gasteiger partial charge is 0.507 e. The molecule has 0 unspecified atom stereocenters. The molecular formula is C19H30O3. The molecular weight excluding hydrogens is 276 g/mol. The summed E-state index contributed by atoms with van der Waals surface area (Å²) in [4.78, 5) is 11.5. The van der Waals surface area contributed by atoms with Crippen molar-refractivity contribution in [3.8, 4) is 11.5 Å². The van der Waals surface area contributed by atoms with Crippen LogP contribution in [0.3, 0.4) is 0 Å². The van der Waals surface area contributed by atoms with Gasteiger partial charge in [-0.15, -0.1) is 0 Å². The summed E-state index contributed by atoms with van der Waals surface area (Å²) in [6, 6.07) is 3.46. The Labute approximate surface area is 134 Å². The lowest BCUT2D eigenvalue weighted by Gasteiger charge is -2.18. The molecule has 3 heteroatoms. The molecule has 0 saturated carbocycles. The first-order chi connectivity index (χ1) is 10.3. The Hall–Kier alpha value is -1.51. The number of ether oxygens (including phenoxy) is 1. The number of Topliss-reactive ketones (excluding diaryl/α,β-unsaturated/α-hetero) is 1. The molecule has 0 aromatic heterocycles. The van der Waals surface area contributed by atoms with Crippen molar-refractivity contribution < 1.29 is 14.6 Å². The first-order valence-electron chi connectivity index (χ1n) is 8.25. The molecule has 22 heavy (non-hydrogen) atoms. The van der Waals surface area contributed by atoms with E-state index in [9.17, 15) is 9.90 Å². The van der Waals surface area contributed by atoms with E-state index < -0.39 is 0 Å². The summed E-state index contributed by atoms with van der Waals surface area (Å²) in [5.41, 5.74) is 1.49. The number of benzene rings is 1. The van der Waals surface area contributed by atoms with Crippen LogP contribution in [-0.4, -0.2) is 17.5 Å². The number of phenols is 1. The summed E-state index contributed by atoms with van der Waals surface area (Å²) in [7, 11) is 0. The molecule has 1 rings (SSSR count). The standard InChI is InChI=1S/C19H30O3/c1-6-9-16-17(11-10-15(14(2)20)18(16)21)22-13-8-7-12-19(3,4)5/h10-11,21H,6-9,12-13H2,1-5H3. The quantitative estimate of drug-likeness (QED) is 0.534. The molecule has 0 atom stereocenters. The van der Waals surface area contributed by atoms with E-state index in [2.05, 4.69) is 20.8 Å². The van der Waals surface area contributed by atoms with Crippen molar-refractivity contribution in [2.45, 2.75) is 66.7 Å². The van der Waals surface area contributed by atoms with Crippen molar-refractivity contribution in [3.05, 3.63) is 23.3 Å². The SMILES string of the molecule is CCCc1c(OCCCCC(C)(C)C)ccc(C(C)=O)c1O. The summed E-state index contributed by atoms with van der Waals surface area (Å²) in [6.07, 6.45) is 4.91. The van der Waals surface area contributed by atoms with E-state index in [0.717, 1.165) is 24.8 Å². The van der Waals surface area contributed by atoms with Crippen molar-refractivity contribution in [2.24, 2.45) is 5.41 Å². The van der Waals surface area contributed by atoms with Gasteiger partial charge < -0.3 is 9.84 Å². The molecule has 0 aliphatic carbocycles. The lowest BCUT2D eigenvalue weighted by molar-refractivity contribution is 0.101. The maximum Gasteiger partial charge on any atom is 0.163 e. The first kappa shape index (κ1) is 18.5. The summed E-state index contributed by atoms with van der Waals surface area (Å²) >= 11 is 0. The fourth-order valence-electron chi connectivity index (χ4n) is 2.47. The normalized spacial score (nSPS) is 11.5.